The fraction of sp³-hybridized carbons (Fsp3) is 0.471. The van der Waals surface area contributed by atoms with Gasteiger partial charge in [0.1, 0.15) is 6.61 Å². The van der Waals surface area contributed by atoms with Crippen LogP contribution in [0.3, 0.4) is 0 Å². The first kappa shape index (κ1) is 15.4. The predicted molar refractivity (Wildman–Crippen MR) is 87.3 cm³/mol. The summed E-state index contributed by atoms with van der Waals surface area (Å²) in [7, 11) is 1.63. The molecule has 0 aliphatic heterocycles. The molecular formula is C17H20ClNO3. The summed E-state index contributed by atoms with van der Waals surface area (Å²) in [4.78, 5) is 4.75. The molecule has 1 aromatic heterocycles. The van der Waals surface area contributed by atoms with Crippen molar-refractivity contribution in [2.75, 3.05) is 26.9 Å². The summed E-state index contributed by atoms with van der Waals surface area (Å²) in [6, 6.07) is 3.82. The molecule has 0 amide bonds. The summed E-state index contributed by atoms with van der Waals surface area (Å²) < 4.78 is 16.5. The summed E-state index contributed by atoms with van der Waals surface area (Å²) in [5.74, 6) is 1.35. The first-order chi connectivity index (χ1) is 10.7. The standard InChI is InChI=1S/C17H20ClNO3/c1-3-21-7-8-22-16-10-14-12(9-15(16)20-2)17(18)11-5-4-6-13(11)19-14/h9-10H,3-8H2,1-2H3. The third-order valence-corrected chi connectivity index (χ3v) is 4.35. The molecule has 4 nitrogen and oxygen atoms in total. The quantitative estimate of drug-likeness (QED) is 0.759. The van der Waals surface area contributed by atoms with Gasteiger partial charge in [-0.15, -0.1) is 0 Å². The predicted octanol–water partition coefficient (Wildman–Crippen LogP) is 3.80. The van der Waals surface area contributed by atoms with Crippen LogP contribution in [0, 0.1) is 0 Å². The van der Waals surface area contributed by atoms with Crippen LogP contribution in [-0.2, 0) is 17.6 Å². The molecule has 1 aliphatic carbocycles. The number of pyridine rings is 1. The second-order valence-electron chi connectivity index (χ2n) is 5.27. The van der Waals surface area contributed by atoms with Gasteiger partial charge in [0, 0.05) is 23.8 Å². The minimum atomic E-state index is 0.481. The lowest BCUT2D eigenvalue weighted by Crippen LogP contribution is -2.07. The van der Waals surface area contributed by atoms with Gasteiger partial charge in [-0.3, -0.25) is 4.98 Å². The van der Waals surface area contributed by atoms with Gasteiger partial charge in [-0.2, -0.15) is 0 Å². The van der Waals surface area contributed by atoms with Crippen LogP contribution in [0.1, 0.15) is 24.6 Å². The fourth-order valence-corrected chi connectivity index (χ4v) is 3.20. The number of rotatable bonds is 6. The summed E-state index contributed by atoms with van der Waals surface area (Å²) in [5.41, 5.74) is 3.15. The molecule has 0 saturated heterocycles. The van der Waals surface area contributed by atoms with E-state index in [1.165, 1.54) is 5.56 Å². The molecule has 0 spiro atoms. The van der Waals surface area contributed by atoms with E-state index in [4.69, 9.17) is 30.8 Å². The van der Waals surface area contributed by atoms with Gasteiger partial charge in [0.25, 0.3) is 0 Å². The number of aromatic nitrogens is 1. The maximum atomic E-state index is 6.56. The Hall–Kier alpha value is -1.52. The van der Waals surface area contributed by atoms with E-state index in [2.05, 4.69) is 0 Å². The van der Waals surface area contributed by atoms with E-state index in [-0.39, 0.29) is 0 Å². The highest BCUT2D eigenvalue weighted by molar-refractivity contribution is 6.36. The van der Waals surface area contributed by atoms with Gasteiger partial charge in [0.2, 0.25) is 0 Å². The van der Waals surface area contributed by atoms with Crippen molar-refractivity contribution in [2.45, 2.75) is 26.2 Å². The van der Waals surface area contributed by atoms with Crippen LogP contribution in [0.5, 0.6) is 11.5 Å². The molecule has 1 aromatic carbocycles. The van der Waals surface area contributed by atoms with Crippen LogP contribution in [0.4, 0.5) is 0 Å². The zero-order valence-electron chi connectivity index (χ0n) is 12.9. The zero-order valence-corrected chi connectivity index (χ0v) is 13.7. The van der Waals surface area contributed by atoms with Crippen LogP contribution in [0.15, 0.2) is 12.1 Å². The van der Waals surface area contributed by atoms with E-state index in [1.54, 1.807) is 7.11 Å². The molecule has 0 saturated carbocycles. The second-order valence-corrected chi connectivity index (χ2v) is 5.65. The topological polar surface area (TPSA) is 40.6 Å². The minimum Gasteiger partial charge on any atom is -0.493 e. The first-order valence-corrected chi connectivity index (χ1v) is 8.02. The molecule has 5 heteroatoms. The lowest BCUT2D eigenvalue weighted by atomic mass is 10.1. The molecule has 22 heavy (non-hydrogen) atoms. The van der Waals surface area contributed by atoms with Crippen molar-refractivity contribution in [2.24, 2.45) is 0 Å². The Kier molecular flexibility index (Phi) is 4.69. The van der Waals surface area contributed by atoms with E-state index in [1.807, 2.05) is 19.1 Å². The van der Waals surface area contributed by atoms with Gasteiger partial charge in [-0.1, -0.05) is 11.6 Å². The Morgan fingerprint density at radius 1 is 1.18 bits per heavy atom. The Labute approximate surface area is 135 Å². The zero-order chi connectivity index (χ0) is 15.5. The Morgan fingerprint density at radius 2 is 2.05 bits per heavy atom. The van der Waals surface area contributed by atoms with Crippen molar-refractivity contribution in [3.05, 3.63) is 28.4 Å². The number of hydrogen-bond acceptors (Lipinski definition) is 4. The molecule has 0 bridgehead atoms. The lowest BCUT2D eigenvalue weighted by Gasteiger charge is -2.14. The maximum absolute atomic E-state index is 6.56. The van der Waals surface area contributed by atoms with Crippen molar-refractivity contribution in [1.82, 2.24) is 4.98 Å². The summed E-state index contributed by atoms with van der Waals surface area (Å²) in [6.45, 7) is 3.68. The molecule has 0 N–H and O–H groups in total. The highest BCUT2D eigenvalue weighted by Gasteiger charge is 2.20. The SMILES string of the molecule is CCOCCOc1cc2nc3c(c(Cl)c2cc1OC)CCC3. The average molecular weight is 322 g/mol. The number of fused-ring (bicyclic) bond motifs is 2. The monoisotopic (exact) mass is 321 g/mol. The number of benzene rings is 1. The van der Waals surface area contributed by atoms with Gasteiger partial charge >= 0.3 is 0 Å². The Balaban J connectivity index is 1.97. The Bertz CT molecular complexity index is 687. The van der Waals surface area contributed by atoms with Crippen LogP contribution in [0.25, 0.3) is 10.9 Å². The first-order valence-electron chi connectivity index (χ1n) is 7.64. The van der Waals surface area contributed by atoms with Crippen LogP contribution < -0.4 is 9.47 Å². The van der Waals surface area contributed by atoms with E-state index in [0.717, 1.165) is 40.9 Å². The molecule has 0 fully saturated rings. The van der Waals surface area contributed by atoms with Crippen molar-refractivity contribution in [1.29, 1.82) is 0 Å². The van der Waals surface area contributed by atoms with E-state index in [0.29, 0.717) is 31.3 Å². The molecule has 118 valence electrons. The molecule has 1 aliphatic rings. The summed E-state index contributed by atoms with van der Waals surface area (Å²) in [5, 5.41) is 1.73. The van der Waals surface area contributed by atoms with Crippen LogP contribution in [-0.4, -0.2) is 31.9 Å². The highest BCUT2D eigenvalue weighted by Crippen LogP contribution is 2.39. The van der Waals surface area contributed by atoms with Gasteiger partial charge in [-0.25, -0.2) is 0 Å². The largest absolute Gasteiger partial charge is 0.493 e. The van der Waals surface area contributed by atoms with E-state index < -0.39 is 0 Å². The molecular weight excluding hydrogens is 302 g/mol. The molecule has 2 aromatic rings. The molecule has 0 unspecified atom stereocenters. The van der Waals surface area contributed by atoms with Crippen molar-refractivity contribution in [3.63, 3.8) is 0 Å². The van der Waals surface area contributed by atoms with Crippen LogP contribution >= 0.6 is 11.6 Å². The van der Waals surface area contributed by atoms with Crippen molar-refractivity contribution < 1.29 is 14.2 Å². The highest BCUT2D eigenvalue weighted by atomic mass is 35.5. The molecule has 3 rings (SSSR count). The number of hydrogen-bond donors (Lipinski definition) is 0. The van der Waals surface area contributed by atoms with Gasteiger partial charge < -0.3 is 14.2 Å². The number of halogens is 1. The molecule has 1 heterocycles. The van der Waals surface area contributed by atoms with Crippen LogP contribution in [0.2, 0.25) is 5.02 Å². The number of aryl methyl sites for hydroxylation is 1. The van der Waals surface area contributed by atoms with E-state index in [9.17, 15) is 0 Å². The normalized spacial score (nSPS) is 13.4. The van der Waals surface area contributed by atoms with Gasteiger partial charge in [0.05, 0.1) is 24.3 Å². The third-order valence-electron chi connectivity index (χ3n) is 3.92. The average Bonchev–Trinajstić information content (AvgIpc) is 3.00. The molecule has 0 atom stereocenters. The fourth-order valence-electron chi connectivity index (χ4n) is 2.84. The van der Waals surface area contributed by atoms with Gasteiger partial charge in [0.15, 0.2) is 11.5 Å². The lowest BCUT2D eigenvalue weighted by molar-refractivity contribution is 0.109. The third kappa shape index (κ3) is 2.85. The van der Waals surface area contributed by atoms with Crippen molar-refractivity contribution in [3.8, 4) is 11.5 Å². The Morgan fingerprint density at radius 3 is 2.82 bits per heavy atom. The smallest absolute Gasteiger partial charge is 0.163 e. The summed E-state index contributed by atoms with van der Waals surface area (Å²) >= 11 is 6.56. The maximum Gasteiger partial charge on any atom is 0.163 e. The van der Waals surface area contributed by atoms with E-state index >= 15 is 0 Å². The summed E-state index contributed by atoms with van der Waals surface area (Å²) in [6.07, 6.45) is 3.12. The minimum absolute atomic E-state index is 0.481. The second kappa shape index (κ2) is 6.71. The number of nitrogens with zero attached hydrogens (tertiary/aromatic N) is 1. The van der Waals surface area contributed by atoms with Gasteiger partial charge in [-0.05, 0) is 37.8 Å². The number of ether oxygens (including phenoxy) is 3. The van der Waals surface area contributed by atoms with Crippen molar-refractivity contribution >= 4 is 22.5 Å². The number of methoxy groups -OCH3 is 1. The molecule has 0 radical (unpaired) electrons.